The topological polar surface area (TPSA) is 52.7 Å². The molecular weight excluding hydrogens is 580 g/mol. The smallest absolute Gasteiger partial charge is 0.266 e. The van der Waals surface area contributed by atoms with Gasteiger partial charge >= 0.3 is 0 Å². The average Bonchev–Trinajstić information content (AvgIpc) is 3.36. The fourth-order valence-corrected chi connectivity index (χ4v) is 4.73. The molecule has 0 saturated heterocycles. The molecule has 0 radical (unpaired) electrons. The average molecular weight is 598 g/mol. The van der Waals surface area contributed by atoms with E-state index < -0.39 is 0 Å². The van der Waals surface area contributed by atoms with Crippen LogP contribution in [0.3, 0.4) is 0 Å². The van der Waals surface area contributed by atoms with E-state index in [1.54, 1.807) is 4.57 Å². The van der Waals surface area contributed by atoms with Crippen LogP contribution >= 0.6 is 31.9 Å². The van der Waals surface area contributed by atoms with Crippen LogP contribution in [0.15, 0.2) is 123 Å². The Hall–Kier alpha value is -3.81. The van der Waals surface area contributed by atoms with Gasteiger partial charge in [0.15, 0.2) is 5.82 Å². The summed E-state index contributed by atoms with van der Waals surface area (Å²) in [5, 5.41) is 5.51. The SMILES string of the molecule is O=c1c2ccccc2nc(-c2cc(-c3ccccc3)nn2-c2ccc(Br)cc2)n1-c1ccc(Br)cc1. The first kappa shape index (κ1) is 22.6. The van der Waals surface area contributed by atoms with E-state index in [4.69, 9.17) is 10.1 Å². The highest BCUT2D eigenvalue weighted by Crippen LogP contribution is 2.30. The molecule has 174 valence electrons. The van der Waals surface area contributed by atoms with Crippen LogP contribution in [0, 0.1) is 0 Å². The first-order valence-electron chi connectivity index (χ1n) is 11.3. The summed E-state index contributed by atoms with van der Waals surface area (Å²) in [6, 6.07) is 35.0. The Morgan fingerprint density at radius 3 is 1.97 bits per heavy atom. The zero-order valence-electron chi connectivity index (χ0n) is 18.8. The number of nitrogens with zero attached hydrogens (tertiary/aromatic N) is 4. The maximum atomic E-state index is 13.9. The van der Waals surface area contributed by atoms with Crippen LogP contribution in [0.2, 0.25) is 0 Å². The molecule has 6 aromatic rings. The van der Waals surface area contributed by atoms with E-state index in [-0.39, 0.29) is 5.56 Å². The van der Waals surface area contributed by atoms with E-state index in [9.17, 15) is 4.79 Å². The molecular formula is C29H18Br2N4O. The van der Waals surface area contributed by atoms with Gasteiger partial charge in [0.2, 0.25) is 0 Å². The highest BCUT2D eigenvalue weighted by atomic mass is 79.9. The molecule has 0 N–H and O–H groups in total. The summed E-state index contributed by atoms with van der Waals surface area (Å²) < 4.78 is 5.41. The summed E-state index contributed by atoms with van der Waals surface area (Å²) in [6.45, 7) is 0. The Labute approximate surface area is 223 Å². The first-order chi connectivity index (χ1) is 17.6. The molecule has 7 heteroatoms. The minimum atomic E-state index is -0.136. The standard InChI is InChI=1S/C29H18Br2N4O/c30-20-10-14-22(15-11-20)34-28(32-25-9-5-4-8-24(25)29(34)36)27-18-26(19-6-2-1-3-7-19)33-35(27)23-16-12-21(31)13-17-23/h1-18H. The second-order valence-corrected chi connectivity index (χ2v) is 10.1. The molecule has 5 nitrogen and oxygen atoms in total. The van der Waals surface area contributed by atoms with Gasteiger partial charge in [0.25, 0.3) is 5.56 Å². The van der Waals surface area contributed by atoms with Gasteiger partial charge in [-0.1, -0.05) is 74.3 Å². The maximum Gasteiger partial charge on any atom is 0.266 e. The number of aromatic nitrogens is 4. The van der Waals surface area contributed by atoms with Gasteiger partial charge in [-0.05, 0) is 66.7 Å². The van der Waals surface area contributed by atoms with Crippen LogP contribution in [0.4, 0.5) is 0 Å². The maximum absolute atomic E-state index is 13.9. The Morgan fingerprint density at radius 2 is 1.28 bits per heavy atom. The predicted molar refractivity (Wildman–Crippen MR) is 151 cm³/mol. The lowest BCUT2D eigenvalue weighted by Gasteiger charge is -2.15. The molecule has 2 heterocycles. The van der Waals surface area contributed by atoms with Gasteiger partial charge in [0.1, 0.15) is 5.69 Å². The monoisotopic (exact) mass is 596 g/mol. The minimum absolute atomic E-state index is 0.136. The second kappa shape index (κ2) is 9.33. The zero-order chi connectivity index (χ0) is 24.6. The Balaban J connectivity index is 1.69. The van der Waals surface area contributed by atoms with Crippen molar-refractivity contribution in [2.24, 2.45) is 0 Å². The molecule has 0 aliphatic carbocycles. The molecule has 0 unspecified atom stereocenters. The Morgan fingerprint density at radius 1 is 0.667 bits per heavy atom. The van der Waals surface area contributed by atoms with Crippen LogP contribution in [-0.4, -0.2) is 19.3 Å². The van der Waals surface area contributed by atoms with Crippen molar-refractivity contribution in [3.63, 3.8) is 0 Å². The number of hydrogen-bond acceptors (Lipinski definition) is 3. The number of fused-ring (bicyclic) bond motifs is 1. The van der Waals surface area contributed by atoms with Gasteiger partial charge in [0, 0.05) is 14.5 Å². The van der Waals surface area contributed by atoms with Crippen LogP contribution in [-0.2, 0) is 0 Å². The van der Waals surface area contributed by atoms with E-state index >= 15 is 0 Å². The van der Waals surface area contributed by atoms with Gasteiger partial charge < -0.3 is 0 Å². The highest BCUT2D eigenvalue weighted by molar-refractivity contribution is 9.10. The van der Waals surface area contributed by atoms with Crippen molar-refractivity contribution < 1.29 is 0 Å². The summed E-state index contributed by atoms with van der Waals surface area (Å²) >= 11 is 7.01. The summed E-state index contributed by atoms with van der Waals surface area (Å²) in [5.41, 5.74) is 4.56. The molecule has 0 aliphatic rings. The molecule has 6 rings (SSSR count). The lowest BCUT2D eigenvalue weighted by atomic mass is 10.1. The van der Waals surface area contributed by atoms with E-state index in [1.807, 2.05) is 114 Å². The summed E-state index contributed by atoms with van der Waals surface area (Å²) in [7, 11) is 0. The lowest BCUT2D eigenvalue weighted by molar-refractivity contribution is 0.865. The quantitative estimate of drug-likeness (QED) is 0.212. The third-order valence-electron chi connectivity index (χ3n) is 5.94. The Bertz CT molecular complexity index is 1760. The van der Waals surface area contributed by atoms with Gasteiger partial charge in [-0.15, -0.1) is 0 Å². The molecule has 0 atom stereocenters. The first-order valence-corrected chi connectivity index (χ1v) is 12.9. The van der Waals surface area contributed by atoms with Crippen molar-refractivity contribution in [3.05, 3.63) is 128 Å². The number of benzene rings is 4. The third-order valence-corrected chi connectivity index (χ3v) is 7.00. The Kier molecular flexibility index (Phi) is 5.87. The van der Waals surface area contributed by atoms with E-state index in [2.05, 4.69) is 31.9 Å². The van der Waals surface area contributed by atoms with E-state index in [0.29, 0.717) is 22.4 Å². The van der Waals surface area contributed by atoms with Crippen molar-refractivity contribution in [2.45, 2.75) is 0 Å². The second-order valence-electron chi connectivity index (χ2n) is 8.24. The summed E-state index contributed by atoms with van der Waals surface area (Å²) in [5.74, 6) is 0.513. The van der Waals surface area contributed by atoms with Crippen LogP contribution < -0.4 is 5.56 Å². The van der Waals surface area contributed by atoms with Gasteiger partial charge in [0.05, 0.1) is 28.0 Å². The van der Waals surface area contributed by atoms with Gasteiger partial charge in [-0.3, -0.25) is 9.36 Å². The normalized spacial score (nSPS) is 11.2. The predicted octanol–water partition coefficient (Wildman–Crippen LogP) is 7.43. The molecule has 0 aliphatic heterocycles. The van der Waals surface area contributed by atoms with E-state index in [0.717, 1.165) is 31.6 Å². The molecule has 0 amide bonds. The largest absolute Gasteiger partial charge is 0.268 e. The summed E-state index contributed by atoms with van der Waals surface area (Å²) in [6.07, 6.45) is 0. The number of halogens is 2. The molecule has 2 aromatic heterocycles. The van der Waals surface area contributed by atoms with Crippen LogP contribution in [0.25, 0.3) is 45.1 Å². The van der Waals surface area contributed by atoms with Crippen molar-refractivity contribution in [1.29, 1.82) is 0 Å². The lowest BCUT2D eigenvalue weighted by Crippen LogP contribution is -2.22. The molecule has 0 fully saturated rings. The number of rotatable bonds is 4. The van der Waals surface area contributed by atoms with Crippen molar-refractivity contribution >= 4 is 42.8 Å². The summed E-state index contributed by atoms with van der Waals surface area (Å²) in [4.78, 5) is 18.8. The fourth-order valence-electron chi connectivity index (χ4n) is 4.20. The van der Waals surface area contributed by atoms with Crippen molar-refractivity contribution in [3.8, 4) is 34.2 Å². The number of hydrogen-bond donors (Lipinski definition) is 0. The third kappa shape index (κ3) is 4.10. The van der Waals surface area contributed by atoms with Crippen molar-refractivity contribution in [2.75, 3.05) is 0 Å². The minimum Gasteiger partial charge on any atom is -0.268 e. The highest BCUT2D eigenvalue weighted by Gasteiger charge is 2.21. The molecule has 4 aromatic carbocycles. The molecule has 0 saturated carbocycles. The van der Waals surface area contributed by atoms with Gasteiger partial charge in [-0.2, -0.15) is 5.10 Å². The molecule has 0 bridgehead atoms. The van der Waals surface area contributed by atoms with Gasteiger partial charge in [-0.25, -0.2) is 9.67 Å². The fraction of sp³-hybridized carbons (Fsp3) is 0. The molecule has 0 spiro atoms. The van der Waals surface area contributed by atoms with E-state index in [1.165, 1.54) is 0 Å². The van der Waals surface area contributed by atoms with Crippen LogP contribution in [0.5, 0.6) is 0 Å². The van der Waals surface area contributed by atoms with Crippen LogP contribution in [0.1, 0.15) is 0 Å². The molecule has 36 heavy (non-hydrogen) atoms. The zero-order valence-corrected chi connectivity index (χ0v) is 22.0. The van der Waals surface area contributed by atoms with Crippen molar-refractivity contribution in [1.82, 2.24) is 19.3 Å². The number of para-hydroxylation sites is 1.